The first kappa shape index (κ1) is 25.1. The van der Waals surface area contributed by atoms with Gasteiger partial charge in [0.15, 0.2) is 6.61 Å². The lowest BCUT2D eigenvalue weighted by atomic mass is 9.87. The molecule has 9 heteroatoms. The summed E-state index contributed by atoms with van der Waals surface area (Å²) in [5, 5.41) is 9.52. The number of hydrogen-bond acceptors (Lipinski definition) is 3. The van der Waals surface area contributed by atoms with Crippen LogP contribution in [-0.4, -0.2) is 35.0 Å². The van der Waals surface area contributed by atoms with Gasteiger partial charge in [0.1, 0.15) is 5.75 Å². The highest BCUT2D eigenvalue weighted by atomic mass is 35.5. The minimum Gasteiger partial charge on any atom is -0.482 e. The number of ether oxygens (including phenoxy) is 1. The van der Waals surface area contributed by atoms with Crippen molar-refractivity contribution in [3.8, 4) is 5.75 Å². The van der Waals surface area contributed by atoms with Crippen LogP contribution in [0.1, 0.15) is 46.2 Å². The van der Waals surface area contributed by atoms with E-state index in [0.717, 1.165) is 17.2 Å². The van der Waals surface area contributed by atoms with Gasteiger partial charge in [-0.1, -0.05) is 54.1 Å². The lowest BCUT2D eigenvalue weighted by Crippen LogP contribution is -2.41. The lowest BCUT2D eigenvalue weighted by Gasteiger charge is -2.38. The molecule has 0 saturated heterocycles. The summed E-state index contributed by atoms with van der Waals surface area (Å²) in [4.78, 5) is 26.7. The quantitative estimate of drug-likeness (QED) is 0.419. The molecule has 5 nitrogen and oxygen atoms in total. The van der Waals surface area contributed by atoms with E-state index in [2.05, 4.69) is 0 Å². The van der Waals surface area contributed by atoms with E-state index in [9.17, 15) is 22.8 Å². The smallest absolute Gasteiger partial charge is 0.416 e. The van der Waals surface area contributed by atoms with Crippen LogP contribution in [-0.2, 0) is 22.2 Å². The van der Waals surface area contributed by atoms with Crippen LogP contribution < -0.4 is 4.74 Å². The Morgan fingerprint density at radius 1 is 1.00 bits per heavy atom. The van der Waals surface area contributed by atoms with Crippen molar-refractivity contribution in [1.82, 2.24) is 4.90 Å². The Kier molecular flexibility index (Phi) is 6.62. The summed E-state index contributed by atoms with van der Waals surface area (Å²) in [5.74, 6) is -2.22. The average molecular weight is 530 g/mol. The number of alkyl halides is 3. The Morgan fingerprint density at radius 2 is 1.70 bits per heavy atom. The first-order chi connectivity index (χ1) is 17.6. The number of halogens is 4. The van der Waals surface area contributed by atoms with Gasteiger partial charge in [-0.15, -0.1) is 0 Å². The highest BCUT2D eigenvalue weighted by Gasteiger charge is 2.50. The van der Waals surface area contributed by atoms with Crippen LogP contribution in [0.2, 0.25) is 5.02 Å². The molecule has 0 aromatic heterocycles. The van der Waals surface area contributed by atoms with Crippen molar-refractivity contribution >= 4 is 23.5 Å². The highest BCUT2D eigenvalue weighted by Crippen LogP contribution is 2.53. The standard InChI is InChI=1S/C28H23ClF3NO4/c29-17-9-10-24(37-15-25(34)35)22(13-17)26-18-6-2-1-5-16(18)11-12-33(26)27(36)21-14-20(21)19-7-3-4-8-23(19)28(30,31)32/h1-10,13,20-21,26H,11-12,14-15H2,(H,34,35)/t20-,21+,26+/m1/s1. The number of amides is 1. The maximum absolute atomic E-state index is 13.8. The molecule has 192 valence electrons. The Balaban J connectivity index is 1.52. The number of benzene rings is 3. The van der Waals surface area contributed by atoms with Gasteiger partial charge in [-0.05, 0) is 59.7 Å². The van der Waals surface area contributed by atoms with Gasteiger partial charge in [0.2, 0.25) is 5.91 Å². The molecule has 1 saturated carbocycles. The zero-order chi connectivity index (χ0) is 26.3. The van der Waals surface area contributed by atoms with E-state index >= 15 is 0 Å². The van der Waals surface area contributed by atoms with Crippen molar-refractivity contribution in [2.24, 2.45) is 5.92 Å². The van der Waals surface area contributed by atoms with Crippen LogP contribution in [0.15, 0.2) is 66.7 Å². The predicted octanol–water partition coefficient (Wildman–Crippen LogP) is 6.10. The molecule has 3 atom stereocenters. The van der Waals surface area contributed by atoms with Gasteiger partial charge >= 0.3 is 12.1 Å². The first-order valence-electron chi connectivity index (χ1n) is 11.8. The van der Waals surface area contributed by atoms with Crippen LogP contribution in [0.5, 0.6) is 5.75 Å². The van der Waals surface area contributed by atoms with E-state index in [1.165, 1.54) is 12.1 Å². The van der Waals surface area contributed by atoms with E-state index in [0.29, 0.717) is 30.0 Å². The predicted molar refractivity (Wildman–Crippen MR) is 131 cm³/mol. The second-order valence-corrected chi connectivity index (χ2v) is 9.72. The molecular formula is C28H23ClF3NO4. The Bertz CT molecular complexity index is 1360. The fourth-order valence-electron chi connectivity index (χ4n) is 5.25. The topological polar surface area (TPSA) is 66.8 Å². The van der Waals surface area contributed by atoms with Crippen LogP contribution >= 0.6 is 11.6 Å². The monoisotopic (exact) mass is 529 g/mol. The third-order valence-electron chi connectivity index (χ3n) is 6.96. The molecule has 5 rings (SSSR count). The maximum Gasteiger partial charge on any atom is 0.416 e. The number of carboxylic acids is 1. The second kappa shape index (κ2) is 9.74. The largest absolute Gasteiger partial charge is 0.482 e. The summed E-state index contributed by atoms with van der Waals surface area (Å²) in [6, 6.07) is 17.2. The molecule has 37 heavy (non-hydrogen) atoms. The molecule has 0 radical (unpaired) electrons. The summed E-state index contributed by atoms with van der Waals surface area (Å²) < 4.78 is 46.4. The Labute approximate surface area is 216 Å². The van der Waals surface area contributed by atoms with Crippen molar-refractivity contribution in [3.63, 3.8) is 0 Å². The van der Waals surface area contributed by atoms with Gasteiger partial charge in [-0.3, -0.25) is 4.79 Å². The van der Waals surface area contributed by atoms with Crippen LogP contribution in [0.25, 0.3) is 0 Å². The van der Waals surface area contributed by atoms with Crippen LogP contribution in [0, 0.1) is 5.92 Å². The number of hydrogen-bond donors (Lipinski definition) is 1. The molecule has 1 fully saturated rings. The van der Waals surface area contributed by atoms with Crippen molar-refractivity contribution in [2.45, 2.75) is 31.0 Å². The molecule has 3 aromatic carbocycles. The number of aliphatic carboxylic acids is 1. The Hall–Kier alpha value is -3.52. The van der Waals surface area contributed by atoms with Crippen molar-refractivity contribution in [3.05, 3.63) is 99.6 Å². The number of rotatable bonds is 6. The summed E-state index contributed by atoms with van der Waals surface area (Å²) in [6.07, 6.45) is -3.59. The van der Waals surface area contributed by atoms with Gasteiger partial charge in [0.05, 0.1) is 11.6 Å². The highest BCUT2D eigenvalue weighted by molar-refractivity contribution is 6.30. The van der Waals surface area contributed by atoms with E-state index in [1.54, 1.807) is 29.2 Å². The summed E-state index contributed by atoms with van der Waals surface area (Å²) >= 11 is 6.31. The molecule has 1 aliphatic carbocycles. The minimum absolute atomic E-state index is 0.135. The molecule has 0 bridgehead atoms. The van der Waals surface area contributed by atoms with Crippen LogP contribution in [0.3, 0.4) is 0 Å². The van der Waals surface area contributed by atoms with E-state index < -0.39 is 42.2 Å². The SMILES string of the molecule is O=C(O)COc1ccc(Cl)cc1[C@@H]1c2ccccc2CCN1C(=O)[C@H]1C[C@@H]1c1ccccc1C(F)(F)F. The van der Waals surface area contributed by atoms with Crippen LogP contribution in [0.4, 0.5) is 13.2 Å². The summed E-state index contributed by atoms with van der Waals surface area (Å²) in [6.45, 7) is -0.217. The van der Waals surface area contributed by atoms with Crippen molar-refractivity contribution < 1.29 is 32.6 Å². The molecule has 1 aliphatic heterocycles. The molecule has 0 unspecified atom stereocenters. The van der Waals surface area contributed by atoms with Gasteiger partial charge in [0, 0.05) is 23.0 Å². The lowest BCUT2D eigenvalue weighted by molar-refractivity contribution is -0.139. The minimum atomic E-state index is -4.50. The number of fused-ring (bicyclic) bond motifs is 1. The van der Waals surface area contributed by atoms with Crippen molar-refractivity contribution in [2.75, 3.05) is 13.2 Å². The summed E-state index contributed by atoms with van der Waals surface area (Å²) in [5.41, 5.74) is 1.82. The van der Waals surface area contributed by atoms with Gasteiger partial charge in [-0.25, -0.2) is 4.79 Å². The molecule has 1 N–H and O–H groups in total. The number of nitrogens with zero attached hydrogens (tertiary/aromatic N) is 1. The normalized spacial score (nSPS) is 20.8. The molecule has 2 aliphatic rings. The fraction of sp³-hybridized carbons (Fsp3) is 0.286. The number of carbonyl (C=O) groups excluding carboxylic acids is 1. The van der Waals surface area contributed by atoms with E-state index in [4.69, 9.17) is 21.4 Å². The first-order valence-corrected chi connectivity index (χ1v) is 12.2. The zero-order valence-corrected chi connectivity index (χ0v) is 20.3. The van der Waals surface area contributed by atoms with Gasteiger partial charge in [0.25, 0.3) is 0 Å². The molecule has 1 amide bonds. The summed E-state index contributed by atoms with van der Waals surface area (Å²) in [7, 11) is 0. The molecule has 0 spiro atoms. The zero-order valence-electron chi connectivity index (χ0n) is 19.5. The van der Waals surface area contributed by atoms with Gasteiger partial charge < -0.3 is 14.7 Å². The third-order valence-corrected chi connectivity index (χ3v) is 7.19. The second-order valence-electron chi connectivity index (χ2n) is 9.28. The fourth-order valence-corrected chi connectivity index (χ4v) is 5.43. The number of carbonyl (C=O) groups is 2. The van der Waals surface area contributed by atoms with E-state index in [1.807, 2.05) is 24.3 Å². The number of carboxylic acid groups (broad SMARTS) is 1. The Morgan fingerprint density at radius 3 is 2.43 bits per heavy atom. The maximum atomic E-state index is 13.8. The molecular weight excluding hydrogens is 507 g/mol. The molecule has 3 aromatic rings. The molecule has 1 heterocycles. The van der Waals surface area contributed by atoms with E-state index in [-0.39, 0.29) is 17.2 Å². The van der Waals surface area contributed by atoms with Crippen molar-refractivity contribution in [1.29, 1.82) is 0 Å². The average Bonchev–Trinajstić information content (AvgIpc) is 3.67. The third kappa shape index (κ3) is 5.03. The van der Waals surface area contributed by atoms with Gasteiger partial charge in [-0.2, -0.15) is 13.2 Å².